The second-order valence-electron chi connectivity index (χ2n) is 7.22. The molecule has 0 saturated carbocycles. The third-order valence-electron chi connectivity index (χ3n) is 5.15. The van der Waals surface area contributed by atoms with Crippen LogP contribution in [0.25, 0.3) is 0 Å². The van der Waals surface area contributed by atoms with Crippen molar-refractivity contribution in [1.29, 1.82) is 0 Å². The van der Waals surface area contributed by atoms with Crippen LogP contribution in [0.15, 0.2) is 54.6 Å². The van der Waals surface area contributed by atoms with Gasteiger partial charge in [0.05, 0.1) is 5.25 Å². The summed E-state index contributed by atoms with van der Waals surface area (Å²) in [7, 11) is 1.98. The number of nitrogens with one attached hydrogen (secondary N) is 2. The third kappa shape index (κ3) is 5.50. The fraction of sp³-hybridized carbons (Fsp3) is 0.364. The number of para-hydroxylation sites is 1. The van der Waals surface area contributed by atoms with E-state index < -0.39 is 6.04 Å². The van der Waals surface area contributed by atoms with Crippen molar-refractivity contribution in [3.05, 3.63) is 66.0 Å². The van der Waals surface area contributed by atoms with Crippen molar-refractivity contribution in [1.82, 2.24) is 10.6 Å². The van der Waals surface area contributed by atoms with E-state index >= 15 is 0 Å². The second kappa shape index (κ2) is 9.78. The normalized spacial score (nSPS) is 19.9. The van der Waals surface area contributed by atoms with E-state index in [1.54, 1.807) is 18.2 Å². The van der Waals surface area contributed by atoms with Gasteiger partial charge in [-0.3, -0.25) is 9.59 Å². The van der Waals surface area contributed by atoms with Crippen LogP contribution in [-0.4, -0.2) is 48.5 Å². The zero-order valence-electron chi connectivity index (χ0n) is 16.6. The summed E-state index contributed by atoms with van der Waals surface area (Å²) in [5, 5.41) is 5.32. The number of likely N-dealkylation sites (N-methyl/N-ethyl adjacent to an activating group) is 1. The van der Waals surface area contributed by atoms with Gasteiger partial charge in [0, 0.05) is 31.1 Å². The minimum Gasteiger partial charge on any atom is -0.370 e. The molecule has 1 aliphatic heterocycles. The van der Waals surface area contributed by atoms with E-state index in [9.17, 15) is 14.0 Å². The Morgan fingerprint density at radius 3 is 2.62 bits per heavy atom. The molecule has 0 unspecified atom stereocenters. The molecule has 2 aromatic rings. The molecule has 0 radical (unpaired) electrons. The van der Waals surface area contributed by atoms with Crippen LogP contribution in [0, 0.1) is 5.82 Å². The maximum absolute atomic E-state index is 13.8. The van der Waals surface area contributed by atoms with Crippen LogP contribution < -0.4 is 15.5 Å². The monoisotopic (exact) mass is 415 g/mol. The summed E-state index contributed by atoms with van der Waals surface area (Å²) in [4.78, 5) is 27.0. The smallest absolute Gasteiger partial charge is 0.243 e. The number of carbonyl (C=O) groups is 2. The summed E-state index contributed by atoms with van der Waals surface area (Å²) in [6.45, 7) is 2.51. The van der Waals surface area contributed by atoms with Gasteiger partial charge < -0.3 is 15.5 Å². The number of anilines is 1. The lowest BCUT2D eigenvalue weighted by Gasteiger charge is -2.30. The number of hydrogen-bond donors (Lipinski definition) is 2. The average Bonchev–Trinajstić information content (AvgIpc) is 2.74. The van der Waals surface area contributed by atoms with Gasteiger partial charge in [0.2, 0.25) is 11.8 Å². The van der Waals surface area contributed by atoms with Gasteiger partial charge in [-0.2, -0.15) is 0 Å². The van der Waals surface area contributed by atoms with Crippen molar-refractivity contribution in [3.63, 3.8) is 0 Å². The Hall–Kier alpha value is -2.54. The summed E-state index contributed by atoms with van der Waals surface area (Å²) in [5.41, 5.74) is 1.59. The van der Waals surface area contributed by atoms with Gasteiger partial charge in [0.15, 0.2) is 0 Å². The Morgan fingerprint density at radius 2 is 1.93 bits per heavy atom. The Kier molecular flexibility index (Phi) is 7.14. The molecule has 1 saturated heterocycles. The molecule has 3 rings (SSSR count). The minimum atomic E-state index is -0.571. The van der Waals surface area contributed by atoms with Crippen LogP contribution in [0.3, 0.4) is 0 Å². The molecule has 1 aliphatic rings. The predicted octanol–water partition coefficient (Wildman–Crippen LogP) is 2.61. The van der Waals surface area contributed by atoms with Gasteiger partial charge in [-0.25, -0.2) is 4.39 Å². The van der Waals surface area contributed by atoms with Crippen molar-refractivity contribution < 1.29 is 14.0 Å². The highest BCUT2D eigenvalue weighted by Gasteiger charge is 2.32. The average molecular weight is 416 g/mol. The van der Waals surface area contributed by atoms with E-state index in [1.165, 1.54) is 17.8 Å². The molecular weight excluding hydrogens is 389 g/mol. The van der Waals surface area contributed by atoms with Gasteiger partial charge in [-0.1, -0.05) is 36.4 Å². The first-order valence-electron chi connectivity index (χ1n) is 9.66. The van der Waals surface area contributed by atoms with Crippen molar-refractivity contribution in [3.8, 4) is 0 Å². The van der Waals surface area contributed by atoms with Crippen LogP contribution in [0.2, 0.25) is 0 Å². The van der Waals surface area contributed by atoms with E-state index in [1.807, 2.05) is 44.3 Å². The maximum atomic E-state index is 13.8. The number of nitrogens with zero attached hydrogens (tertiary/aromatic N) is 1. The predicted molar refractivity (Wildman–Crippen MR) is 116 cm³/mol. The Labute approximate surface area is 175 Å². The highest BCUT2D eigenvalue weighted by molar-refractivity contribution is 8.00. The molecule has 2 aromatic carbocycles. The molecule has 0 aliphatic carbocycles. The van der Waals surface area contributed by atoms with Crippen molar-refractivity contribution in [2.75, 3.05) is 24.2 Å². The molecular formula is C22H26FN3O2S. The maximum Gasteiger partial charge on any atom is 0.243 e. The molecule has 2 amide bonds. The number of carbonyl (C=O) groups excluding carboxylic acids is 2. The first-order chi connectivity index (χ1) is 14.0. The van der Waals surface area contributed by atoms with Crippen LogP contribution in [0.5, 0.6) is 0 Å². The Morgan fingerprint density at radius 1 is 1.24 bits per heavy atom. The summed E-state index contributed by atoms with van der Waals surface area (Å²) in [6.07, 6.45) is 0.316. The van der Waals surface area contributed by atoms with Gasteiger partial charge >= 0.3 is 0 Å². The standard InChI is InChI=1S/C22H26FN3O2S/c1-15(26(2)17-9-4-3-5-10-17)13-24-21(27)19-14-29-20(22(28)25-19)12-16-8-6-7-11-18(16)23/h3-11,15,19-20H,12-14H2,1-2H3,(H,24,27)(H,25,28)/t15-,19-,20+/m1/s1. The van der Waals surface area contributed by atoms with Crippen LogP contribution >= 0.6 is 11.8 Å². The topological polar surface area (TPSA) is 61.4 Å². The van der Waals surface area contributed by atoms with E-state index in [4.69, 9.17) is 0 Å². The van der Waals surface area contributed by atoms with Gasteiger partial charge in [0.25, 0.3) is 0 Å². The molecule has 29 heavy (non-hydrogen) atoms. The molecule has 154 valence electrons. The van der Waals surface area contributed by atoms with Crippen LogP contribution in [-0.2, 0) is 16.0 Å². The van der Waals surface area contributed by atoms with E-state index in [-0.39, 0.29) is 28.9 Å². The van der Waals surface area contributed by atoms with Crippen LogP contribution in [0.4, 0.5) is 10.1 Å². The summed E-state index contributed by atoms with van der Waals surface area (Å²) in [5.74, 6) is -0.250. The number of rotatable bonds is 7. The molecule has 0 bridgehead atoms. The Bertz CT molecular complexity index is 849. The summed E-state index contributed by atoms with van der Waals surface area (Å²) >= 11 is 1.40. The lowest BCUT2D eigenvalue weighted by molar-refractivity contribution is -0.128. The highest BCUT2D eigenvalue weighted by atomic mass is 32.2. The number of hydrogen-bond acceptors (Lipinski definition) is 4. The first kappa shape index (κ1) is 21.2. The summed E-state index contributed by atoms with van der Waals surface area (Å²) < 4.78 is 13.8. The van der Waals surface area contributed by atoms with Gasteiger partial charge in [-0.15, -0.1) is 11.8 Å². The molecule has 1 fully saturated rings. The third-order valence-corrected chi connectivity index (χ3v) is 6.46. The molecule has 7 heteroatoms. The second-order valence-corrected chi connectivity index (χ2v) is 8.46. The van der Waals surface area contributed by atoms with E-state index in [0.717, 1.165) is 5.69 Å². The van der Waals surface area contributed by atoms with Gasteiger partial charge in [-0.05, 0) is 37.1 Å². The summed E-state index contributed by atoms with van der Waals surface area (Å²) in [6, 6.07) is 16.0. The molecule has 0 aromatic heterocycles. The largest absolute Gasteiger partial charge is 0.370 e. The number of amides is 2. The lowest BCUT2D eigenvalue weighted by Crippen LogP contribution is -2.55. The van der Waals surface area contributed by atoms with Crippen molar-refractivity contribution in [2.24, 2.45) is 0 Å². The fourth-order valence-electron chi connectivity index (χ4n) is 3.18. The number of halogens is 1. The number of thioether (sulfide) groups is 1. The first-order valence-corrected chi connectivity index (χ1v) is 10.7. The number of benzene rings is 2. The quantitative estimate of drug-likeness (QED) is 0.730. The molecule has 1 heterocycles. The molecule has 3 atom stereocenters. The van der Waals surface area contributed by atoms with Gasteiger partial charge in [0.1, 0.15) is 11.9 Å². The lowest BCUT2D eigenvalue weighted by atomic mass is 10.1. The molecule has 0 spiro atoms. The molecule has 5 nitrogen and oxygen atoms in total. The van der Waals surface area contributed by atoms with Crippen LogP contribution in [0.1, 0.15) is 12.5 Å². The fourth-order valence-corrected chi connectivity index (χ4v) is 4.35. The molecule has 2 N–H and O–H groups in total. The zero-order chi connectivity index (χ0) is 20.8. The van der Waals surface area contributed by atoms with E-state index in [0.29, 0.717) is 24.3 Å². The zero-order valence-corrected chi connectivity index (χ0v) is 17.4. The SMILES string of the molecule is C[C@H](CNC(=O)[C@H]1CS[C@@H](Cc2ccccc2F)C(=O)N1)N(C)c1ccccc1. The Balaban J connectivity index is 1.48. The van der Waals surface area contributed by atoms with Crippen molar-refractivity contribution >= 4 is 29.3 Å². The minimum absolute atomic E-state index is 0.0992. The highest BCUT2D eigenvalue weighted by Crippen LogP contribution is 2.23. The van der Waals surface area contributed by atoms with E-state index in [2.05, 4.69) is 15.5 Å². The van der Waals surface area contributed by atoms with Crippen molar-refractivity contribution in [2.45, 2.75) is 30.7 Å².